The van der Waals surface area contributed by atoms with Crippen molar-refractivity contribution < 1.29 is 59.8 Å². The standard InChI is InChI=1S/C18H26O12/c19-5-9-11(21)13(23)15(25)17(29-9)27-6-10-12(22)14(24)16(26)18(30-10)28-8-3-1-7(20)2-4-8/h1-4,9-26H,5-6H2. The molecule has 2 heterocycles. The highest BCUT2D eigenvalue weighted by Crippen LogP contribution is 2.27. The second-order valence-corrected chi connectivity index (χ2v) is 7.16. The number of aliphatic hydroxyl groups is 7. The largest absolute Gasteiger partial charge is 0.508 e. The van der Waals surface area contributed by atoms with Gasteiger partial charge in [-0.05, 0) is 24.3 Å². The smallest absolute Gasteiger partial charge is 0.229 e. The lowest BCUT2D eigenvalue weighted by Gasteiger charge is -2.42. The van der Waals surface area contributed by atoms with Gasteiger partial charge in [-0.15, -0.1) is 0 Å². The molecular weight excluding hydrogens is 408 g/mol. The minimum absolute atomic E-state index is 0.00581. The molecule has 0 bridgehead atoms. The predicted molar refractivity (Wildman–Crippen MR) is 95.1 cm³/mol. The Bertz CT molecular complexity index is 670. The highest BCUT2D eigenvalue weighted by Gasteiger charge is 2.47. The van der Waals surface area contributed by atoms with E-state index < -0.39 is 74.6 Å². The number of hydrogen-bond acceptors (Lipinski definition) is 12. The van der Waals surface area contributed by atoms with E-state index in [2.05, 4.69) is 0 Å². The average molecular weight is 434 g/mol. The van der Waals surface area contributed by atoms with Crippen molar-refractivity contribution in [3.05, 3.63) is 24.3 Å². The minimum Gasteiger partial charge on any atom is -0.508 e. The van der Waals surface area contributed by atoms with Crippen LogP contribution in [0, 0.1) is 0 Å². The molecule has 2 saturated heterocycles. The first-order chi connectivity index (χ1) is 14.2. The van der Waals surface area contributed by atoms with Gasteiger partial charge in [-0.3, -0.25) is 0 Å². The fourth-order valence-corrected chi connectivity index (χ4v) is 3.21. The summed E-state index contributed by atoms with van der Waals surface area (Å²) in [6.07, 6.45) is -14.9. The van der Waals surface area contributed by atoms with E-state index in [1.54, 1.807) is 0 Å². The van der Waals surface area contributed by atoms with Gasteiger partial charge in [0, 0.05) is 0 Å². The summed E-state index contributed by atoms with van der Waals surface area (Å²) in [7, 11) is 0. The van der Waals surface area contributed by atoms with Crippen LogP contribution in [0.25, 0.3) is 0 Å². The van der Waals surface area contributed by atoms with Crippen LogP contribution in [0.2, 0.25) is 0 Å². The second-order valence-electron chi connectivity index (χ2n) is 7.16. The number of benzene rings is 1. The first kappa shape index (κ1) is 23.1. The number of ether oxygens (including phenoxy) is 4. The monoisotopic (exact) mass is 434 g/mol. The van der Waals surface area contributed by atoms with E-state index in [1.165, 1.54) is 24.3 Å². The van der Waals surface area contributed by atoms with Crippen molar-refractivity contribution in [2.75, 3.05) is 13.2 Å². The molecule has 12 heteroatoms. The van der Waals surface area contributed by atoms with Crippen LogP contribution in [-0.4, -0.2) is 115 Å². The molecule has 10 unspecified atom stereocenters. The first-order valence-corrected chi connectivity index (χ1v) is 9.30. The highest BCUT2D eigenvalue weighted by atomic mass is 16.7. The fourth-order valence-electron chi connectivity index (χ4n) is 3.21. The molecule has 0 aromatic heterocycles. The van der Waals surface area contributed by atoms with E-state index in [-0.39, 0.29) is 11.5 Å². The molecule has 30 heavy (non-hydrogen) atoms. The SMILES string of the molecule is OCC1OC(OCC2OC(Oc3ccc(O)cc3)C(O)C(O)C2O)C(O)C(O)C1O. The summed E-state index contributed by atoms with van der Waals surface area (Å²) < 4.78 is 21.5. The minimum atomic E-state index is -1.65. The third-order valence-corrected chi connectivity index (χ3v) is 5.03. The van der Waals surface area contributed by atoms with Gasteiger partial charge in [0.25, 0.3) is 0 Å². The van der Waals surface area contributed by atoms with E-state index in [9.17, 15) is 40.9 Å². The van der Waals surface area contributed by atoms with E-state index in [1.807, 2.05) is 0 Å². The molecule has 0 amide bonds. The summed E-state index contributed by atoms with van der Waals surface area (Å²) in [5, 5.41) is 78.5. The lowest BCUT2D eigenvalue weighted by molar-refractivity contribution is -0.323. The van der Waals surface area contributed by atoms with E-state index in [4.69, 9.17) is 18.9 Å². The summed E-state index contributed by atoms with van der Waals surface area (Å²) in [6.45, 7) is -1.09. The fraction of sp³-hybridized carbons (Fsp3) is 0.667. The van der Waals surface area contributed by atoms with Gasteiger partial charge >= 0.3 is 0 Å². The lowest BCUT2D eigenvalue weighted by atomic mass is 9.98. The highest BCUT2D eigenvalue weighted by molar-refractivity contribution is 5.30. The maximum atomic E-state index is 10.2. The maximum absolute atomic E-state index is 10.2. The second kappa shape index (κ2) is 9.70. The normalized spacial score (nSPS) is 42.1. The van der Waals surface area contributed by atoms with Gasteiger partial charge in [0.15, 0.2) is 6.29 Å². The van der Waals surface area contributed by atoms with Crippen molar-refractivity contribution in [1.82, 2.24) is 0 Å². The summed E-state index contributed by atoms with van der Waals surface area (Å²) in [4.78, 5) is 0. The molecule has 8 N–H and O–H groups in total. The summed E-state index contributed by atoms with van der Waals surface area (Å²) >= 11 is 0. The van der Waals surface area contributed by atoms with Gasteiger partial charge in [-0.1, -0.05) is 0 Å². The molecule has 12 nitrogen and oxygen atoms in total. The zero-order chi connectivity index (χ0) is 22.0. The van der Waals surface area contributed by atoms with Crippen LogP contribution in [0.5, 0.6) is 11.5 Å². The molecule has 0 aliphatic carbocycles. The Morgan fingerprint density at radius 3 is 1.83 bits per heavy atom. The number of rotatable bonds is 6. The zero-order valence-electron chi connectivity index (χ0n) is 15.7. The van der Waals surface area contributed by atoms with E-state index in [0.717, 1.165) is 0 Å². The Balaban J connectivity index is 1.63. The quantitative estimate of drug-likeness (QED) is 0.219. The maximum Gasteiger partial charge on any atom is 0.229 e. The molecule has 1 aromatic carbocycles. The van der Waals surface area contributed by atoms with Gasteiger partial charge in [0.1, 0.15) is 60.3 Å². The molecule has 2 aliphatic heterocycles. The van der Waals surface area contributed by atoms with Gasteiger partial charge < -0.3 is 59.8 Å². The van der Waals surface area contributed by atoms with Crippen molar-refractivity contribution in [3.8, 4) is 11.5 Å². The third kappa shape index (κ3) is 4.84. The summed E-state index contributed by atoms with van der Waals surface area (Å²) in [5.74, 6) is 0.211. The third-order valence-electron chi connectivity index (χ3n) is 5.03. The molecular formula is C18H26O12. The molecule has 3 rings (SSSR count). The van der Waals surface area contributed by atoms with Crippen molar-refractivity contribution in [2.45, 2.75) is 61.4 Å². The van der Waals surface area contributed by atoms with Gasteiger partial charge in [-0.2, -0.15) is 0 Å². The Morgan fingerprint density at radius 2 is 1.23 bits per heavy atom. The van der Waals surface area contributed by atoms with Crippen molar-refractivity contribution in [2.24, 2.45) is 0 Å². The number of aliphatic hydroxyl groups excluding tert-OH is 7. The van der Waals surface area contributed by atoms with Gasteiger partial charge in [-0.25, -0.2) is 0 Å². The Hall–Kier alpha value is -1.58. The zero-order valence-corrected chi connectivity index (χ0v) is 15.7. The predicted octanol–water partition coefficient (Wildman–Crippen LogP) is -3.60. The number of aromatic hydroxyl groups is 1. The Morgan fingerprint density at radius 1 is 0.700 bits per heavy atom. The molecule has 10 atom stereocenters. The molecule has 1 aromatic rings. The van der Waals surface area contributed by atoms with Crippen molar-refractivity contribution in [3.63, 3.8) is 0 Å². The van der Waals surface area contributed by atoms with E-state index in [0.29, 0.717) is 0 Å². The van der Waals surface area contributed by atoms with Crippen molar-refractivity contribution in [1.29, 1.82) is 0 Å². The van der Waals surface area contributed by atoms with E-state index >= 15 is 0 Å². The van der Waals surface area contributed by atoms with Crippen LogP contribution in [0.4, 0.5) is 0 Å². The lowest BCUT2D eigenvalue weighted by Crippen LogP contribution is -2.62. The van der Waals surface area contributed by atoms with Crippen LogP contribution in [0.15, 0.2) is 24.3 Å². The average Bonchev–Trinajstić information content (AvgIpc) is 2.74. The molecule has 170 valence electrons. The van der Waals surface area contributed by atoms with Crippen LogP contribution < -0.4 is 4.74 Å². The summed E-state index contributed by atoms with van der Waals surface area (Å²) in [6, 6.07) is 5.50. The van der Waals surface area contributed by atoms with Crippen LogP contribution >= 0.6 is 0 Å². The van der Waals surface area contributed by atoms with Gasteiger partial charge in [0.05, 0.1) is 13.2 Å². The Kier molecular flexibility index (Phi) is 7.47. The van der Waals surface area contributed by atoms with Crippen LogP contribution in [-0.2, 0) is 14.2 Å². The molecule has 0 saturated carbocycles. The van der Waals surface area contributed by atoms with Crippen LogP contribution in [0.3, 0.4) is 0 Å². The number of hydrogen-bond donors (Lipinski definition) is 8. The topological polar surface area (TPSA) is 199 Å². The molecule has 2 fully saturated rings. The first-order valence-electron chi connectivity index (χ1n) is 9.30. The molecule has 0 radical (unpaired) electrons. The molecule has 2 aliphatic rings. The Labute approximate surface area is 171 Å². The van der Waals surface area contributed by atoms with Crippen LogP contribution in [0.1, 0.15) is 0 Å². The van der Waals surface area contributed by atoms with Crippen molar-refractivity contribution >= 4 is 0 Å². The summed E-state index contributed by atoms with van der Waals surface area (Å²) in [5.41, 5.74) is 0. The number of phenols is 1. The van der Waals surface area contributed by atoms with Gasteiger partial charge in [0.2, 0.25) is 6.29 Å². The molecule has 0 spiro atoms. The number of phenolic OH excluding ortho intramolecular Hbond substituents is 1.